The molecule has 0 aliphatic carbocycles. The molecule has 1 aromatic carbocycles. The Bertz CT molecular complexity index is 874. The van der Waals surface area contributed by atoms with E-state index in [9.17, 15) is 0 Å². The van der Waals surface area contributed by atoms with Gasteiger partial charge >= 0.3 is 0 Å². The number of benzene rings is 1. The quantitative estimate of drug-likeness (QED) is 0.727. The first-order chi connectivity index (χ1) is 11.7. The summed E-state index contributed by atoms with van der Waals surface area (Å²) in [6, 6.07) is 12.5. The van der Waals surface area contributed by atoms with Crippen LogP contribution in [0.3, 0.4) is 0 Å². The van der Waals surface area contributed by atoms with E-state index in [0.29, 0.717) is 0 Å². The van der Waals surface area contributed by atoms with E-state index in [-0.39, 0.29) is 0 Å². The minimum absolute atomic E-state index is 0.864. The van der Waals surface area contributed by atoms with Crippen molar-refractivity contribution in [2.75, 3.05) is 7.11 Å². The highest BCUT2D eigenvalue weighted by molar-refractivity contribution is 5.79. The predicted octanol–water partition coefficient (Wildman–Crippen LogP) is 4.18. The van der Waals surface area contributed by atoms with E-state index >= 15 is 0 Å². The van der Waals surface area contributed by atoms with Gasteiger partial charge in [0.1, 0.15) is 11.6 Å². The predicted molar refractivity (Wildman–Crippen MR) is 95.2 cm³/mol. The fraction of sp³-hybridized carbons (Fsp3) is 0.300. The topological polar surface area (TPSA) is 39.9 Å². The highest BCUT2D eigenvalue weighted by Gasteiger charge is 2.23. The van der Waals surface area contributed by atoms with E-state index in [1.165, 1.54) is 23.5 Å². The van der Waals surface area contributed by atoms with Gasteiger partial charge in [0.15, 0.2) is 0 Å². The third-order valence-electron chi connectivity index (χ3n) is 4.55. The Balaban J connectivity index is 1.91. The van der Waals surface area contributed by atoms with Gasteiger partial charge in [0.05, 0.1) is 18.5 Å². The van der Waals surface area contributed by atoms with Gasteiger partial charge in [-0.1, -0.05) is 0 Å². The van der Waals surface area contributed by atoms with Crippen molar-refractivity contribution in [2.45, 2.75) is 33.2 Å². The Morgan fingerprint density at radius 2 is 1.67 bits per heavy atom. The van der Waals surface area contributed by atoms with Crippen molar-refractivity contribution in [1.29, 1.82) is 0 Å². The number of pyridine rings is 1. The zero-order valence-electron chi connectivity index (χ0n) is 14.3. The van der Waals surface area contributed by atoms with Crippen LogP contribution in [0, 0.1) is 13.8 Å². The molecule has 24 heavy (non-hydrogen) atoms. The molecule has 0 unspecified atom stereocenters. The van der Waals surface area contributed by atoms with Crippen molar-refractivity contribution in [3.05, 3.63) is 53.6 Å². The second-order valence-electron chi connectivity index (χ2n) is 6.35. The molecule has 0 atom stereocenters. The van der Waals surface area contributed by atoms with Crippen LogP contribution in [0.1, 0.15) is 23.6 Å². The Morgan fingerprint density at radius 1 is 0.958 bits per heavy atom. The van der Waals surface area contributed by atoms with Crippen molar-refractivity contribution in [2.24, 2.45) is 0 Å². The average molecular weight is 319 g/mol. The van der Waals surface area contributed by atoms with Gasteiger partial charge in [-0.15, -0.1) is 0 Å². The molecule has 0 bridgehead atoms. The number of imidazole rings is 1. The number of methoxy groups -OCH3 is 1. The van der Waals surface area contributed by atoms with Crippen LogP contribution < -0.4 is 4.74 Å². The maximum absolute atomic E-state index is 5.28. The first kappa shape index (κ1) is 14.9. The Kier molecular flexibility index (Phi) is 3.60. The van der Waals surface area contributed by atoms with Crippen LogP contribution in [-0.4, -0.2) is 21.6 Å². The summed E-state index contributed by atoms with van der Waals surface area (Å²) in [6.07, 6.45) is 2.22. The molecular weight excluding hydrogens is 298 g/mol. The number of hydrogen-bond acceptors (Lipinski definition) is 3. The minimum Gasteiger partial charge on any atom is -0.497 e. The average Bonchev–Trinajstić information content (AvgIpc) is 3.14. The van der Waals surface area contributed by atoms with Crippen molar-refractivity contribution in [3.8, 4) is 28.3 Å². The molecule has 4 heteroatoms. The van der Waals surface area contributed by atoms with E-state index in [2.05, 4.69) is 33.8 Å². The lowest BCUT2D eigenvalue weighted by molar-refractivity contribution is 0.415. The Labute approximate surface area is 142 Å². The summed E-state index contributed by atoms with van der Waals surface area (Å²) in [5.74, 6) is 2.05. The number of aromatic nitrogens is 3. The molecule has 0 radical (unpaired) electrons. The van der Waals surface area contributed by atoms with Gasteiger partial charge in [0.2, 0.25) is 0 Å². The van der Waals surface area contributed by atoms with Crippen LogP contribution >= 0.6 is 0 Å². The van der Waals surface area contributed by atoms with Crippen molar-refractivity contribution in [1.82, 2.24) is 14.5 Å². The number of rotatable bonds is 3. The van der Waals surface area contributed by atoms with E-state index in [0.717, 1.165) is 41.4 Å². The lowest BCUT2D eigenvalue weighted by atomic mass is 10.0. The van der Waals surface area contributed by atoms with Gasteiger partial charge in [-0.3, -0.25) is 4.98 Å². The first-order valence-electron chi connectivity index (χ1n) is 8.35. The Morgan fingerprint density at radius 3 is 2.33 bits per heavy atom. The molecule has 0 amide bonds. The van der Waals surface area contributed by atoms with Crippen LogP contribution in [0.25, 0.3) is 22.5 Å². The van der Waals surface area contributed by atoms with Gasteiger partial charge in [0, 0.05) is 35.5 Å². The molecule has 2 aromatic heterocycles. The van der Waals surface area contributed by atoms with Crippen LogP contribution in [0.15, 0.2) is 36.4 Å². The summed E-state index contributed by atoms with van der Waals surface area (Å²) in [7, 11) is 1.69. The smallest absolute Gasteiger partial charge is 0.118 e. The standard InChI is InChI=1S/C20H21N3O/c1-13-11-16(12-14(2)21-13)20-19(22-18-5-4-10-23(18)20)15-6-8-17(24-3)9-7-15/h6-9,11-12H,4-5,10H2,1-3H3. The zero-order valence-corrected chi connectivity index (χ0v) is 14.3. The van der Waals surface area contributed by atoms with Crippen molar-refractivity contribution in [3.63, 3.8) is 0 Å². The minimum atomic E-state index is 0.864. The number of hydrogen-bond donors (Lipinski definition) is 0. The second kappa shape index (κ2) is 5.78. The molecule has 0 N–H and O–H groups in total. The Hall–Kier alpha value is -2.62. The van der Waals surface area contributed by atoms with Crippen LogP contribution in [0.4, 0.5) is 0 Å². The molecule has 4 nitrogen and oxygen atoms in total. The first-order valence-corrected chi connectivity index (χ1v) is 8.35. The van der Waals surface area contributed by atoms with Gasteiger partial charge in [0.25, 0.3) is 0 Å². The number of aryl methyl sites for hydroxylation is 3. The van der Waals surface area contributed by atoms with Gasteiger partial charge in [-0.2, -0.15) is 0 Å². The van der Waals surface area contributed by atoms with E-state index < -0.39 is 0 Å². The van der Waals surface area contributed by atoms with Crippen LogP contribution in [0.5, 0.6) is 5.75 Å². The lowest BCUT2D eigenvalue weighted by Gasteiger charge is -2.10. The molecule has 3 aromatic rings. The second-order valence-corrected chi connectivity index (χ2v) is 6.35. The zero-order chi connectivity index (χ0) is 16.7. The third kappa shape index (κ3) is 2.48. The fourth-order valence-electron chi connectivity index (χ4n) is 3.54. The largest absolute Gasteiger partial charge is 0.497 e. The molecule has 0 saturated heterocycles. The molecule has 1 aliphatic rings. The maximum atomic E-state index is 5.28. The van der Waals surface area contributed by atoms with Crippen LogP contribution in [-0.2, 0) is 13.0 Å². The monoisotopic (exact) mass is 319 g/mol. The molecule has 1 aliphatic heterocycles. The summed E-state index contributed by atoms with van der Waals surface area (Å²) in [5, 5.41) is 0. The van der Waals surface area contributed by atoms with Gasteiger partial charge in [-0.05, 0) is 56.7 Å². The number of ether oxygens (including phenoxy) is 1. The van der Waals surface area contributed by atoms with Crippen LogP contribution in [0.2, 0.25) is 0 Å². The molecule has 0 fully saturated rings. The lowest BCUT2D eigenvalue weighted by Crippen LogP contribution is -1.98. The molecule has 4 rings (SSSR count). The van der Waals surface area contributed by atoms with Crippen molar-refractivity contribution >= 4 is 0 Å². The highest BCUT2D eigenvalue weighted by atomic mass is 16.5. The summed E-state index contributed by atoms with van der Waals surface area (Å²) in [5.41, 5.74) is 6.67. The third-order valence-corrected chi connectivity index (χ3v) is 4.55. The SMILES string of the molecule is COc1ccc(-c2nc3n(c2-c2cc(C)nc(C)c2)CCC3)cc1. The molecule has 0 saturated carbocycles. The number of fused-ring (bicyclic) bond motifs is 1. The van der Waals surface area contributed by atoms with E-state index in [1.54, 1.807) is 7.11 Å². The van der Waals surface area contributed by atoms with Crippen molar-refractivity contribution < 1.29 is 4.74 Å². The fourth-order valence-corrected chi connectivity index (χ4v) is 3.54. The summed E-state index contributed by atoms with van der Waals surface area (Å²) in [6.45, 7) is 5.13. The summed E-state index contributed by atoms with van der Waals surface area (Å²) < 4.78 is 7.65. The normalized spacial score (nSPS) is 13.1. The highest BCUT2D eigenvalue weighted by Crippen LogP contribution is 2.36. The summed E-state index contributed by atoms with van der Waals surface area (Å²) in [4.78, 5) is 9.47. The summed E-state index contributed by atoms with van der Waals surface area (Å²) >= 11 is 0. The number of nitrogens with zero attached hydrogens (tertiary/aromatic N) is 3. The maximum Gasteiger partial charge on any atom is 0.118 e. The molecule has 3 heterocycles. The molecular formula is C20H21N3O. The van der Waals surface area contributed by atoms with Gasteiger partial charge < -0.3 is 9.30 Å². The van der Waals surface area contributed by atoms with E-state index in [4.69, 9.17) is 9.72 Å². The molecule has 122 valence electrons. The molecule has 0 spiro atoms. The van der Waals surface area contributed by atoms with Gasteiger partial charge in [-0.25, -0.2) is 4.98 Å². The van der Waals surface area contributed by atoms with E-state index in [1.807, 2.05) is 26.0 Å².